The highest BCUT2D eigenvalue weighted by Crippen LogP contribution is 2.31. The Balaban J connectivity index is 1.76. The van der Waals surface area contributed by atoms with Crippen molar-refractivity contribution < 1.29 is 23.2 Å². The van der Waals surface area contributed by atoms with E-state index < -0.39 is 17.4 Å². The number of nitrogens with zero attached hydrogens (tertiary/aromatic N) is 3. The van der Waals surface area contributed by atoms with Crippen molar-refractivity contribution in [3.8, 4) is 5.75 Å². The van der Waals surface area contributed by atoms with Crippen molar-refractivity contribution in [3.63, 3.8) is 0 Å². The number of alkyl halides is 2. The Morgan fingerprint density at radius 3 is 2.79 bits per heavy atom. The smallest absolute Gasteiger partial charge is 0.321 e. The molecule has 3 rings (SSSR count). The molecule has 0 fully saturated rings. The van der Waals surface area contributed by atoms with Gasteiger partial charge in [0.15, 0.2) is 5.16 Å². The van der Waals surface area contributed by atoms with Crippen molar-refractivity contribution in [2.75, 3.05) is 18.2 Å². The molecule has 0 unspecified atom stereocenters. The average molecular weight is 408 g/mol. The van der Waals surface area contributed by atoms with E-state index in [1.807, 2.05) is 0 Å². The number of thioether (sulfide) groups is 1. The van der Waals surface area contributed by atoms with E-state index in [1.165, 1.54) is 31.4 Å². The molecule has 0 spiro atoms. The molecule has 11 heteroatoms. The molecule has 0 aliphatic carbocycles. The molecule has 1 N–H and O–H groups in total. The van der Waals surface area contributed by atoms with Crippen molar-refractivity contribution in [1.29, 1.82) is 0 Å². The summed E-state index contributed by atoms with van der Waals surface area (Å²) in [5.74, 6) is -0.574. The van der Waals surface area contributed by atoms with E-state index in [-0.39, 0.29) is 33.6 Å². The van der Waals surface area contributed by atoms with Gasteiger partial charge < -0.3 is 10.1 Å². The molecule has 0 bridgehead atoms. The van der Waals surface area contributed by atoms with Crippen LogP contribution in [0.25, 0.3) is 11.0 Å². The molecular formula is C17H14F2N4O4S. The third-order valence-electron chi connectivity index (χ3n) is 3.77. The topological polar surface area (TPSA) is 99.3 Å². The van der Waals surface area contributed by atoms with Gasteiger partial charge in [0.2, 0.25) is 5.91 Å². The normalized spacial score (nSPS) is 11.0. The fourth-order valence-corrected chi connectivity index (χ4v) is 3.34. The summed E-state index contributed by atoms with van der Waals surface area (Å²) in [6.45, 7) is -2.82. The summed E-state index contributed by atoms with van der Waals surface area (Å²) in [7, 11) is 1.36. The number of halogens is 2. The van der Waals surface area contributed by atoms with Gasteiger partial charge in [0.1, 0.15) is 11.4 Å². The van der Waals surface area contributed by atoms with E-state index in [1.54, 1.807) is 18.2 Å². The predicted octanol–water partition coefficient (Wildman–Crippen LogP) is 4.08. The number of imidazole rings is 1. The van der Waals surface area contributed by atoms with E-state index in [2.05, 4.69) is 10.3 Å². The zero-order valence-electron chi connectivity index (χ0n) is 14.5. The Morgan fingerprint density at radius 2 is 2.11 bits per heavy atom. The molecule has 0 aliphatic heterocycles. The molecule has 0 radical (unpaired) electrons. The Kier molecular flexibility index (Phi) is 5.73. The second-order valence-electron chi connectivity index (χ2n) is 5.51. The Morgan fingerprint density at radius 1 is 1.36 bits per heavy atom. The number of ether oxygens (including phenoxy) is 1. The number of fused-ring (bicyclic) bond motifs is 1. The first-order valence-corrected chi connectivity index (χ1v) is 8.89. The number of benzene rings is 2. The first-order chi connectivity index (χ1) is 13.4. The molecule has 1 aromatic heterocycles. The number of para-hydroxylation sites is 2. The molecular weight excluding hydrogens is 394 g/mol. The molecule has 1 amide bonds. The van der Waals surface area contributed by atoms with Gasteiger partial charge in [-0.25, -0.2) is 4.98 Å². The van der Waals surface area contributed by atoms with Crippen molar-refractivity contribution in [1.82, 2.24) is 9.55 Å². The maximum absolute atomic E-state index is 13.4. The maximum atomic E-state index is 13.4. The lowest BCUT2D eigenvalue weighted by molar-refractivity contribution is -0.384. The van der Waals surface area contributed by atoms with Gasteiger partial charge in [0.05, 0.1) is 34.9 Å². The summed E-state index contributed by atoms with van der Waals surface area (Å²) in [5.41, 5.74) is 0.291. The summed E-state index contributed by atoms with van der Waals surface area (Å²) in [6, 6.07) is 10.4. The van der Waals surface area contributed by atoms with E-state index in [9.17, 15) is 23.7 Å². The highest BCUT2D eigenvalue weighted by Gasteiger charge is 2.20. The van der Waals surface area contributed by atoms with Crippen molar-refractivity contribution in [3.05, 3.63) is 52.6 Å². The van der Waals surface area contributed by atoms with E-state index in [0.717, 1.165) is 16.3 Å². The van der Waals surface area contributed by atoms with Gasteiger partial charge in [-0.3, -0.25) is 19.5 Å². The van der Waals surface area contributed by atoms with Crippen LogP contribution in [0.1, 0.15) is 6.55 Å². The number of carbonyl (C=O) groups excluding carboxylic acids is 1. The monoisotopic (exact) mass is 408 g/mol. The first-order valence-electron chi connectivity index (χ1n) is 7.91. The minimum absolute atomic E-state index is 0.0150. The molecule has 0 atom stereocenters. The lowest BCUT2D eigenvalue weighted by atomic mass is 10.2. The molecule has 1 heterocycles. The van der Waals surface area contributed by atoms with Crippen LogP contribution in [0.15, 0.2) is 47.6 Å². The third kappa shape index (κ3) is 4.03. The number of aromatic nitrogens is 2. The number of carbonyl (C=O) groups is 1. The van der Waals surface area contributed by atoms with Crippen LogP contribution in [0.5, 0.6) is 5.75 Å². The molecule has 146 valence electrons. The van der Waals surface area contributed by atoms with Crippen molar-refractivity contribution in [2.45, 2.75) is 11.7 Å². The number of nitro benzene ring substituents is 1. The number of rotatable bonds is 7. The van der Waals surface area contributed by atoms with Crippen LogP contribution in [0.4, 0.5) is 20.2 Å². The fourth-order valence-electron chi connectivity index (χ4n) is 2.52. The van der Waals surface area contributed by atoms with Gasteiger partial charge in [-0.2, -0.15) is 8.78 Å². The second-order valence-corrected chi connectivity index (χ2v) is 6.45. The highest BCUT2D eigenvalue weighted by atomic mass is 32.2. The number of anilines is 1. The molecule has 28 heavy (non-hydrogen) atoms. The summed E-state index contributed by atoms with van der Waals surface area (Å²) in [5, 5.41) is 13.6. The fraction of sp³-hybridized carbons (Fsp3) is 0.176. The maximum Gasteiger partial charge on any atom is 0.321 e. The molecule has 0 saturated carbocycles. The van der Waals surface area contributed by atoms with E-state index in [0.29, 0.717) is 5.52 Å². The Labute approximate surface area is 161 Å². The number of methoxy groups -OCH3 is 1. The van der Waals surface area contributed by atoms with Crippen LogP contribution in [0.2, 0.25) is 0 Å². The minimum Gasteiger partial charge on any atom is -0.496 e. The van der Waals surface area contributed by atoms with Gasteiger partial charge in [-0.05, 0) is 24.3 Å². The highest BCUT2D eigenvalue weighted by molar-refractivity contribution is 7.99. The van der Waals surface area contributed by atoms with Crippen LogP contribution in [0.3, 0.4) is 0 Å². The number of hydrogen-bond acceptors (Lipinski definition) is 6. The summed E-state index contributed by atoms with van der Waals surface area (Å²) in [4.78, 5) is 26.8. The quantitative estimate of drug-likeness (QED) is 0.359. The number of nitrogens with one attached hydrogen (secondary N) is 1. The Bertz CT molecular complexity index is 1040. The largest absolute Gasteiger partial charge is 0.496 e. The van der Waals surface area contributed by atoms with Gasteiger partial charge in [-0.1, -0.05) is 23.9 Å². The summed E-state index contributed by atoms with van der Waals surface area (Å²) < 4.78 is 32.5. The summed E-state index contributed by atoms with van der Waals surface area (Å²) >= 11 is 0.816. The van der Waals surface area contributed by atoms with Crippen molar-refractivity contribution in [2.24, 2.45) is 0 Å². The number of hydrogen-bond donors (Lipinski definition) is 1. The van der Waals surface area contributed by atoms with Crippen LogP contribution < -0.4 is 10.1 Å². The third-order valence-corrected chi connectivity index (χ3v) is 4.72. The van der Waals surface area contributed by atoms with E-state index >= 15 is 0 Å². The van der Waals surface area contributed by atoms with Crippen LogP contribution >= 0.6 is 11.8 Å². The molecule has 0 aliphatic rings. The second kappa shape index (κ2) is 8.21. The SMILES string of the molecule is COc1ccc(NC(=O)CSc2nc3ccccc3n2C(F)F)c([N+](=O)[O-])c1. The van der Waals surface area contributed by atoms with Gasteiger partial charge in [0, 0.05) is 0 Å². The van der Waals surface area contributed by atoms with Crippen LogP contribution in [-0.4, -0.2) is 33.2 Å². The zero-order valence-corrected chi connectivity index (χ0v) is 15.3. The zero-order chi connectivity index (χ0) is 20.3. The predicted molar refractivity (Wildman–Crippen MR) is 100.0 cm³/mol. The molecule has 2 aromatic carbocycles. The lowest BCUT2D eigenvalue weighted by Crippen LogP contribution is -2.15. The molecule has 3 aromatic rings. The van der Waals surface area contributed by atoms with Crippen LogP contribution in [0, 0.1) is 10.1 Å². The molecule has 0 saturated heterocycles. The number of nitro groups is 1. The van der Waals surface area contributed by atoms with Gasteiger partial charge in [0.25, 0.3) is 5.69 Å². The lowest BCUT2D eigenvalue weighted by Gasteiger charge is -2.09. The van der Waals surface area contributed by atoms with Crippen LogP contribution in [-0.2, 0) is 4.79 Å². The van der Waals surface area contributed by atoms with Gasteiger partial charge in [-0.15, -0.1) is 0 Å². The van der Waals surface area contributed by atoms with E-state index in [4.69, 9.17) is 4.74 Å². The minimum atomic E-state index is -2.82. The standard InChI is InChI=1S/C17H14F2N4O4S/c1-27-10-6-7-12(14(8-10)23(25)26)20-15(24)9-28-17-21-11-4-2-3-5-13(11)22(17)16(18)19/h2-8,16H,9H2,1H3,(H,20,24). The summed E-state index contributed by atoms with van der Waals surface area (Å²) in [6.07, 6.45) is 0. The molecule has 8 nitrogen and oxygen atoms in total. The number of amides is 1. The first kappa shape index (κ1) is 19.5. The Hall–Kier alpha value is -3.21. The average Bonchev–Trinajstić information content (AvgIpc) is 3.05. The van der Waals surface area contributed by atoms with Gasteiger partial charge >= 0.3 is 6.55 Å². The van der Waals surface area contributed by atoms with Crippen molar-refractivity contribution >= 4 is 40.1 Å².